The van der Waals surface area contributed by atoms with Crippen molar-refractivity contribution in [3.05, 3.63) is 12.2 Å². The lowest BCUT2D eigenvalue weighted by molar-refractivity contribution is 0.160. The van der Waals surface area contributed by atoms with Crippen molar-refractivity contribution in [2.45, 2.75) is 19.5 Å². The quantitative estimate of drug-likeness (QED) is 0.698. The first kappa shape index (κ1) is 9.61. The zero-order valence-electron chi connectivity index (χ0n) is 8.77. The van der Waals surface area contributed by atoms with E-state index < -0.39 is 0 Å². The largest absolute Gasteiger partial charge is 0.314 e. The van der Waals surface area contributed by atoms with E-state index >= 15 is 0 Å². The van der Waals surface area contributed by atoms with Gasteiger partial charge in [-0.3, -0.25) is 9.58 Å². The highest BCUT2D eigenvalue weighted by atomic mass is 15.3. The molecule has 1 aromatic rings. The molecular formula is C9H17N5. The van der Waals surface area contributed by atoms with E-state index in [9.17, 15) is 0 Å². The lowest BCUT2D eigenvalue weighted by Gasteiger charge is -2.33. The number of nitrogens with zero attached hydrogens (tertiary/aromatic N) is 4. The number of aromatic nitrogens is 3. The Labute approximate surface area is 84.1 Å². The van der Waals surface area contributed by atoms with E-state index in [1.165, 1.54) is 0 Å². The predicted octanol–water partition coefficient (Wildman–Crippen LogP) is -0.391. The van der Waals surface area contributed by atoms with Crippen LogP contribution in [0, 0.1) is 0 Å². The zero-order valence-corrected chi connectivity index (χ0v) is 8.77. The van der Waals surface area contributed by atoms with Crippen LogP contribution in [0.15, 0.2) is 6.33 Å². The molecule has 1 aliphatic rings. The van der Waals surface area contributed by atoms with Gasteiger partial charge in [0, 0.05) is 32.7 Å². The van der Waals surface area contributed by atoms with Gasteiger partial charge in [-0.05, 0) is 6.92 Å². The molecule has 0 bridgehead atoms. The van der Waals surface area contributed by atoms with Crippen molar-refractivity contribution in [2.24, 2.45) is 7.05 Å². The number of piperazine rings is 1. The van der Waals surface area contributed by atoms with E-state index in [1.54, 1.807) is 6.33 Å². The number of hydrogen-bond donors (Lipinski definition) is 1. The lowest BCUT2D eigenvalue weighted by atomic mass is 10.2. The Morgan fingerprint density at radius 1 is 1.64 bits per heavy atom. The van der Waals surface area contributed by atoms with Crippen molar-refractivity contribution >= 4 is 0 Å². The highest BCUT2D eigenvalue weighted by molar-refractivity contribution is 4.87. The second-order valence-corrected chi connectivity index (χ2v) is 3.82. The molecule has 0 aliphatic carbocycles. The number of aryl methyl sites for hydroxylation is 1. The molecule has 5 heteroatoms. The van der Waals surface area contributed by atoms with E-state index in [4.69, 9.17) is 0 Å². The molecule has 14 heavy (non-hydrogen) atoms. The third-order valence-electron chi connectivity index (χ3n) is 2.79. The molecule has 2 heterocycles. The Morgan fingerprint density at radius 3 is 3.14 bits per heavy atom. The summed E-state index contributed by atoms with van der Waals surface area (Å²) in [4.78, 5) is 6.67. The maximum absolute atomic E-state index is 4.23. The van der Waals surface area contributed by atoms with Crippen LogP contribution in [0.1, 0.15) is 12.7 Å². The highest BCUT2D eigenvalue weighted by Gasteiger charge is 2.19. The summed E-state index contributed by atoms with van der Waals surface area (Å²) in [5.74, 6) is 1.04. The maximum atomic E-state index is 4.23. The molecule has 0 saturated carbocycles. The predicted molar refractivity (Wildman–Crippen MR) is 53.7 cm³/mol. The molecule has 1 N–H and O–H groups in total. The Morgan fingerprint density at radius 2 is 2.50 bits per heavy atom. The third-order valence-corrected chi connectivity index (χ3v) is 2.79. The molecular weight excluding hydrogens is 178 g/mol. The fraction of sp³-hybridized carbons (Fsp3) is 0.778. The van der Waals surface area contributed by atoms with Crippen molar-refractivity contribution in [3.63, 3.8) is 0 Å². The van der Waals surface area contributed by atoms with Gasteiger partial charge in [-0.15, -0.1) is 0 Å². The summed E-state index contributed by atoms with van der Waals surface area (Å²) in [5, 5.41) is 7.44. The SMILES string of the molecule is CC1CNCCN1Cc1ncnn1C. The van der Waals surface area contributed by atoms with E-state index in [-0.39, 0.29) is 0 Å². The molecule has 0 aromatic carbocycles. The number of rotatable bonds is 2. The van der Waals surface area contributed by atoms with Gasteiger partial charge in [-0.25, -0.2) is 4.98 Å². The summed E-state index contributed by atoms with van der Waals surface area (Å²) in [7, 11) is 1.94. The van der Waals surface area contributed by atoms with Crippen molar-refractivity contribution < 1.29 is 0 Å². The molecule has 1 atom stereocenters. The summed E-state index contributed by atoms with van der Waals surface area (Å²) in [5.41, 5.74) is 0. The first-order valence-electron chi connectivity index (χ1n) is 5.05. The molecule has 1 unspecified atom stereocenters. The summed E-state index contributed by atoms with van der Waals surface area (Å²) >= 11 is 0. The Bertz CT molecular complexity index is 295. The van der Waals surface area contributed by atoms with Gasteiger partial charge in [0.1, 0.15) is 12.2 Å². The normalized spacial score (nSPS) is 24.0. The topological polar surface area (TPSA) is 46.0 Å². The average Bonchev–Trinajstić information content (AvgIpc) is 2.56. The molecule has 5 nitrogen and oxygen atoms in total. The monoisotopic (exact) mass is 195 g/mol. The number of nitrogens with one attached hydrogen (secondary N) is 1. The van der Waals surface area contributed by atoms with Gasteiger partial charge >= 0.3 is 0 Å². The fourth-order valence-corrected chi connectivity index (χ4v) is 1.76. The van der Waals surface area contributed by atoms with E-state index in [0.717, 1.165) is 32.0 Å². The second kappa shape index (κ2) is 4.06. The molecule has 78 valence electrons. The van der Waals surface area contributed by atoms with E-state index in [1.807, 2.05) is 11.7 Å². The summed E-state index contributed by atoms with van der Waals surface area (Å²) in [6.07, 6.45) is 1.61. The summed E-state index contributed by atoms with van der Waals surface area (Å²) in [6, 6.07) is 0.584. The standard InChI is InChI=1S/C9H17N5/c1-8-5-10-3-4-14(8)6-9-11-7-12-13(9)2/h7-8,10H,3-6H2,1-2H3. The van der Waals surface area contributed by atoms with Crippen LogP contribution in [0.25, 0.3) is 0 Å². The van der Waals surface area contributed by atoms with Crippen LogP contribution >= 0.6 is 0 Å². The molecule has 0 radical (unpaired) electrons. The highest BCUT2D eigenvalue weighted by Crippen LogP contribution is 2.06. The molecule has 0 amide bonds. The van der Waals surface area contributed by atoms with Gasteiger partial charge in [0.05, 0.1) is 6.54 Å². The van der Waals surface area contributed by atoms with Crippen LogP contribution in [0.3, 0.4) is 0 Å². The minimum Gasteiger partial charge on any atom is -0.314 e. The molecule has 1 aliphatic heterocycles. The Hall–Kier alpha value is -0.940. The van der Waals surface area contributed by atoms with Gasteiger partial charge < -0.3 is 5.32 Å². The van der Waals surface area contributed by atoms with Gasteiger partial charge in [0.2, 0.25) is 0 Å². The van der Waals surface area contributed by atoms with Crippen LogP contribution in [0.4, 0.5) is 0 Å². The van der Waals surface area contributed by atoms with Gasteiger partial charge in [-0.2, -0.15) is 5.10 Å². The molecule has 1 fully saturated rings. The minimum atomic E-state index is 0.584. The second-order valence-electron chi connectivity index (χ2n) is 3.82. The van der Waals surface area contributed by atoms with Gasteiger partial charge in [0.25, 0.3) is 0 Å². The van der Waals surface area contributed by atoms with Crippen LogP contribution in [0.5, 0.6) is 0 Å². The minimum absolute atomic E-state index is 0.584. The zero-order chi connectivity index (χ0) is 9.97. The van der Waals surface area contributed by atoms with Gasteiger partial charge in [0.15, 0.2) is 0 Å². The van der Waals surface area contributed by atoms with Crippen molar-refractivity contribution in [1.29, 1.82) is 0 Å². The fourth-order valence-electron chi connectivity index (χ4n) is 1.76. The maximum Gasteiger partial charge on any atom is 0.140 e. The van der Waals surface area contributed by atoms with Crippen molar-refractivity contribution in [1.82, 2.24) is 25.0 Å². The average molecular weight is 195 g/mol. The Balaban J connectivity index is 1.99. The molecule has 0 spiro atoms. The van der Waals surface area contributed by atoms with Crippen molar-refractivity contribution in [2.75, 3.05) is 19.6 Å². The lowest BCUT2D eigenvalue weighted by Crippen LogP contribution is -2.49. The van der Waals surface area contributed by atoms with E-state index in [2.05, 4.69) is 27.2 Å². The number of hydrogen-bond acceptors (Lipinski definition) is 4. The third kappa shape index (κ3) is 1.93. The molecule has 1 saturated heterocycles. The van der Waals surface area contributed by atoms with Crippen LogP contribution in [-0.4, -0.2) is 45.3 Å². The first-order chi connectivity index (χ1) is 6.77. The van der Waals surface area contributed by atoms with Crippen LogP contribution < -0.4 is 5.32 Å². The van der Waals surface area contributed by atoms with Crippen LogP contribution in [0.2, 0.25) is 0 Å². The summed E-state index contributed by atoms with van der Waals surface area (Å²) in [6.45, 7) is 6.37. The van der Waals surface area contributed by atoms with Gasteiger partial charge in [-0.1, -0.05) is 0 Å². The first-order valence-corrected chi connectivity index (χ1v) is 5.05. The van der Waals surface area contributed by atoms with E-state index in [0.29, 0.717) is 6.04 Å². The molecule has 2 rings (SSSR count). The molecule has 1 aromatic heterocycles. The smallest absolute Gasteiger partial charge is 0.140 e. The van der Waals surface area contributed by atoms with Crippen LogP contribution in [-0.2, 0) is 13.6 Å². The summed E-state index contributed by atoms with van der Waals surface area (Å²) < 4.78 is 1.84. The van der Waals surface area contributed by atoms with Crippen molar-refractivity contribution in [3.8, 4) is 0 Å². The Kier molecular flexibility index (Phi) is 2.79.